The van der Waals surface area contributed by atoms with Gasteiger partial charge < -0.3 is 4.90 Å². The zero-order chi connectivity index (χ0) is 19.2. The standard InChI is InChI=1S/C19H18FN3O3S/c20-15-9-5-4-8-14(15)19-23(11-10-13-6-2-1-3-7-13)18(25)16(27-19)12-17(24)21-22-26/h1-9,16,19H,10-12H2,(H,21,24,26). The maximum atomic E-state index is 14.3. The van der Waals surface area contributed by atoms with Crippen molar-refractivity contribution in [2.45, 2.75) is 23.5 Å². The van der Waals surface area contributed by atoms with Crippen molar-refractivity contribution in [3.05, 3.63) is 76.4 Å². The molecular weight excluding hydrogens is 369 g/mol. The summed E-state index contributed by atoms with van der Waals surface area (Å²) < 4.78 is 14.3. The summed E-state index contributed by atoms with van der Waals surface area (Å²) in [5.41, 5.74) is 3.27. The van der Waals surface area contributed by atoms with Crippen LogP contribution in [0.1, 0.15) is 22.9 Å². The summed E-state index contributed by atoms with van der Waals surface area (Å²) in [4.78, 5) is 36.3. The fourth-order valence-electron chi connectivity index (χ4n) is 3.03. The zero-order valence-electron chi connectivity index (χ0n) is 14.4. The number of rotatable bonds is 7. The third kappa shape index (κ3) is 4.51. The van der Waals surface area contributed by atoms with Gasteiger partial charge in [0, 0.05) is 18.5 Å². The Morgan fingerprint density at radius 2 is 1.85 bits per heavy atom. The number of hydrogen-bond donors (Lipinski definition) is 1. The summed E-state index contributed by atoms with van der Waals surface area (Å²) in [5.74, 6) is -1.27. The molecule has 2 amide bonds. The van der Waals surface area contributed by atoms with E-state index in [0.717, 1.165) is 5.56 Å². The molecule has 2 aromatic carbocycles. The molecule has 0 aliphatic carbocycles. The Balaban J connectivity index is 1.81. The van der Waals surface area contributed by atoms with Crippen molar-refractivity contribution < 1.29 is 14.0 Å². The van der Waals surface area contributed by atoms with E-state index in [1.807, 2.05) is 30.3 Å². The molecule has 2 aromatic rings. The molecule has 1 heterocycles. The quantitative estimate of drug-likeness (QED) is 0.585. The Hall–Kier alpha value is -2.74. The van der Waals surface area contributed by atoms with Gasteiger partial charge in [-0.05, 0) is 18.1 Å². The number of nitroso groups, excluding NO2 is 1. The summed E-state index contributed by atoms with van der Waals surface area (Å²) in [6.07, 6.45) is 0.439. The van der Waals surface area contributed by atoms with Crippen LogP contribution in [-0.2, 0) is 16.0 Å². The molecule has 1 aliphatic rings. The van der Waals surface area contributed by atoms with Crippen molar-refractivity contribution >= 4 is 23.6 Å². The van der Waals surface area contributed by atoms with Gasteiger partial charge in [0.2, 0.25) is 11.8 Å². The first-order chi connectivity index (χ1) is 13.1. The van der Waals surface area contributed by atoms with Crippen LogP contribution in [0.2, 0.25) is 0 Å². The van der Waals surface area contributed by atoms with Crippen molar-refractivity contribution in [1.29, 1.82) is 0 Å². The van der Waals surface area contributed by atoms with Gasteiger partial charge in [-0.15, -0.1) is 16.7 Å². The number of nitrogens with one attached hydrogen (secondary N) is 1. The topological polar surface area (TPSA) is 78.8 Å². The van der Waals surface area contributed by atoms with Gasteiger partial charge in [0.15, 0.2) is 0 Å². The fourth-order valence-corrected chi connectivity index (χ4v) is 4.53. The molecule has 3 rings (SSSR count). The summed E-state index contributed by atoms with van der Waals surface area (Å²) in [5, 5.41) is 1.13. The molecular formula is C19H18FN3O3S. The first kappa shape index (κ1) is 19.0. The molecule has 2 unspecified atom stereocenters. The minimum atomic E-state index is -0.688. The second-order valence-electron chi connectivity index (χ2n) is 6.10. The van der Waals surface area contributed by atoms with E-state index >= 15 is 0 Å². The van der Waals surface area contributed by atoms with Gasteiger partial charge >= 0.3 is 0 Å². The number of hydrogen-bond acceptors (Lipinski definition) is 5. The Morgan fingerprint density at radius 3 is 2.56 bits per heavy atom. The van der Waals surface area contributed by atoms with E-state index < -0.39 is 22.3 Å². The molecule has 1 aliphatic heterocycles. The lowest BCUT2D eigenvalue weighted by atomic mass is 10.1. The highest BCUT2D eigenvalue weighted by Crippen LogP contribution is 2.44. The summed E-state index contributed by atoms with van der Waals surface area (Å²) in [7, 11) is 0. The van der Waals surface area contributed by atoms with Gasteiger partial charge in [-0.1, -0.05) is 48.5 Å². The van der Waals surface area contributed by atoms with Crippen LogP contribution in [0.15, 0.2) is 59.9 Å². The number of carbonyl (C=O) groups excluding carboxylic acids is 2. The molecule has 0 spiro atoms. The van der Waals surface area contributed by atoms with E-state index in [0.29, 0.717) is 18.5 Å². The molecule has 0 bridgehead atoms. The number of amides is 2. The van der Waals surface area contributed by atoms with Crippen LogP contribution in [0.3, 0.4) is 0 Å². The lowest BCUT2D eigenvalue weighted by molar-refractivity contribution is -0.132. The zero-order valence-corrected chi connectivity index (χ0v) is 15.2. The Kier molecular flexibility index (Phi) is 6.18. The Bertz CT molecular complexity index is 834. The summed E-state index contributed by atoms with van der Waals surface area (Å²) in [6, 6.07) is 16.0. The van der Waals surface area contributed by atoms with Gasteiger partial charge in [0.25, 0.3) is 0 Å². The first-order valence-electron chi connectivity index (χ1n) is 8.45. The first-order valence-corrected chi connectivity index (χ1v) is 9.40. The van der Waals surface area contributed by atoms with Gasteiger partial charge in [-0.2, -0.15) is 0 Å². The highest BCUT2D eigenvalue weighted by Gasteiger charge is 2.42. The largest absolute Gasteiger partial charge is 0.325 e. The molecule has 140 valence electrons. The molecule has 27 heavy (non-hydrogen) atoms. The van der Waals surface area contributed by atoms with Gasteiger partial charge in [-0.25, -0.2) is 9.82 Å². The van der Waals surface area contributed by atoms with Crippen molar-refractivity contribution in [1.82, 2.24) is 10.3 Å². The predicted octanol–water partition coefficient (Wildman–Crippen LogP) is 3.20. The summed E-state index contributed by atoms with van der Waals surface area (Å²) >= 11 is 1.22. The molecule has 1 saturated heterocycles. The summed E-state index contributed by atoms with van der Waals surface area (Å²) in [6.45, 7) is 0.402. The van der Waals surface area contributed by atoms with Crippen LogP contribution in [0.5, 0.6) is 0 Å². The molecule has 1 N–H and O–H groups in total. The van der Waals surface area contributed by atoms with Crippen molar-refractivity contribution in [3.63, 3.8) is 0 Å². The van der Waals surface area contributed by atoms with Crippen LogP contribution in [0.25, 0.3) is 0 Å². The molecule has 2 atom stereocenters. The maximum absolute atomic E-state index is 14.3. The molecule has 6 nitrogen and oxygen atoms in total. The highest BCUT2D eigenvalue weighted by atomic mass is 32.2. The second kappa shape index (κ2) is 8.77. The average molecular weight is 387 g/mol. The number of nitrogens with zero attached hydrogens (tertiary/aromatic N) is 2. The highest BCUT2D eigenvalue weighted by molar-refractivity contribution is 8.01. The minimum absolute atomic E-state index is 0.179. The van der Waals surface area contributed by atoms with Crippen molar-refractivity contribution in [3.8, 4) is 0 Å². The fraction of sp³-hybridized carbons (Fsp3) is 0.263. The third-order valence-corrected chi connectivity index (χ3v) is 5.79. The van der Waals surface area contributed by atoms with E-state index in [1.54, 1.807) is 28.5 Å². The third-order valence-electron chi connectivity index (χ3n) is 4.33. The van der Waals surface area contributed by atoms with Gasteiger partial charge in [0.05, 0.1) is 10.5 Å². The monoisotopic (exact) mass is 387 g/mol. The molecule has 1 fully saturated rings. The molecule has 0 saturated carbocycles. The molecule has 0 aromatic heterocycles. The number of thioether (sulfide) groups is 1. The SMILES string of the molecule is O=NNC(=O)CC1SC(c2ccccc2F)N(CCc2ccccc2)C1=O. The predicted molar refractivity (Wildman–Crippen MR) is 101 cm³/mol. The number of carbonyl (C=O) groups is 2. The molecule has 0 radical (unpaired) electrons. The van der Waals surface area contributed by atoms with Gasteiger partial charge in [0.1, 0.15) is 11.2 Å². The maximum Gasteiger partial charge on any atom is 0.244 e. The smallest absolute Gasteiger partial charge is 0.244 e. The lowest BCUT2D eigenvalue weighted by Crippen LogP contribution is -2.34. The number of benzene rings is 2. The van der Waals surface area contributed by atoms with E-state index in [2.05, 4.69) is 5.29 Å². The normalized spacial score (nSPS) is 19.1. The number of halogens is 1. The van der Waals surface area contributed by atoms with E-state index in [4.69, 9.17) is 0 Å². The Labute approximate surface area is 160 Å². The van der Waals surface area contributed by atoms with E-state index in [9.17, 15) is 18.9 Å². The molecule has 8 heteroatoms. The lowest BCUT2D eigenvalue weighted by Gasteiger charge is -2.24. The van der Waals surface area contributed by atoms with Crippen LogP contribution >= 0.6 is 11.8 Å². The van der Waals surface area contributed by atoms with Crippen LogP contribution in [0.4, 0.5) is 4.39 Å². The van der Waals surface area contributed by atoms with Crippen LogP contribution in [-0.4, -0.2) is 28.5 Å². The van der Waals surface area contributed by atoms with E-state index in [-0.39, 0.29) is 12.3 Å². The van der Waals surface area contributed by atoms with E-state index in [1.165, 1.54) is 17.8 Å². The van der Waals surface area contributed by atoms with Crippen molar-refractivity contribution in [2.24, 2.45) is 5.29 Å². The Morgan fingerprint density at radius 1 is 1.15 bits per heavy atom. The van der Waals surface area contributed by atoms with Gasteiger partial charge in [-0.3, -0.25) is 9.59 Å². The van der Waals surface area contributed by atoms with Crippen molar-refractivity contribution in [2.75, 3.05) is 6.54 Å². The second-order valence-corrected chi connectivity index (χ2v) is 7.38. The van der Waals surface area contributed by atoms with Crippen LogP contribution < -0.4 is 5.43 Å². The minimum Gasteiger partial charge on any atom is -0.325 e. The van der Waals surface area contributed by atoms with Crippen LogP contribution in [0, 0.1) is 10.7 Å². The average Bonchev–Trinajstić information content (AvgIpc) is 2.97.